The van der Waals surface area contributed by atoms with Crippen LogP contribution >= 0.6 is 11.8 Å². The minimum atomic E-state index is 0.606. The zero-order valence-corrected chi connectivity index (χ0v) is 10.6. The van der Waals surface area contributed by atoms with Crippen molar-refractivity contribution in [2.24, 2.45) is 5.92 Å². The fourth-order valence-electron chi connectivity index (χ4n) is 1.50. The highest BCUT2D eigenvalue weighted by Gasteiger charge is 2.13. The van der Waals surface area contributed by atoms with Crippen LogP contribution in [0.25, 0.3) is 0 Å². The molecule has 1 aromatic rings. The summed E-state index contributed by atoms with van der Waals surface area (Å²) >= 11 is 1.93. The Morgan fingerprint density at radius 1 is 1.53 bits per heavy atom. The quantitative estimate of drug-likeness (QED) is 0.774. The van der Waals surface area contributed by atoms with Gasteiger partial charge in [-0.25, -0.2) is 0 Å². The molecule has 0 radical (unpaired) electrons. The van der Waals surface area contributed by atoms with Gasteiger partial charge in [-0.3, -0.25) is 0 Å². The number of hydrogen-bond donors (Lipinski definition) is 1. The van der Waals surface area contributed by atoms with Crippen molar-refractivity contribution < 1.29 is 4.42 Å². The summed E-state index contributed by atoms with van der Waals surface area (Å²) in [6.45, 7) is 4.54. The van der Waals surface area contributed by atoms with Gasteiger partial charge in [0.05, 0.1) is 12.0 Å². The van der Waals surface area contributed by atoms with E-state index in [0.717, 1.165) is 23.2 Å². The number of nitrogens with one attached hydrogen (secondary N) is 1. The van der Waals surface area contributed by atoms with Crippen LogP contribution in [0.2, 0.25) is 0 Å². The van der Waals surface area contributed by atoms with Crippen LogP contribution in [0, 0.1) is 5.92 Å². The summed E-state index contributed by atoms with van der Waals surface area (Å²) in [6, 6.07) is 4.58. The van der Waals surface area contributed by atoms with Crippen LogP contribution in [-0.4, -0.2) is 18.8 Å². The molecule has 0 saturated carbocycles. The van der Waals surface area contributed by atoms with Crippen molar-refractivity contribution in [3.8, 4) is 0 Å². The lowest BCUT2D eigenvalue weighted by molar-refractivity contribution is 0.420. The van der Waals surface area contributed by atoms with Gasteiger partial charge in [0.25, 0.3) is 0 Å². The van der Waals surface area contributed by atoms with Gasteiger partial charge in [-0.1, -0.05) is 20.3 Å². The monoisotopic (exact) mass is 227 g/mol. The second kappa shape index (κ2) is 6.96. The minimum absolute atomic E-state index is 0.606. The van der Waals surface area contributed by atoms with E-state index >= 15 is 0 Å². The Kier molecular flexibility index (Phi) is 5.88. The summed E-state index contributed by atoms with van der Waals surface area (Å²) in [5, 5.41) is 3.38. The maximum Gasteiger partial charge on any atom is 0.113 e. The molecular weight excluding hydrogens is 206 g/mol. The highest BCUT2D eigenvalue weighted by atomic mass is 32.2. The predicted molar refractivity (Wildman–Crippen MR) is 67.2 cm³/mol. The van der Waals surface area contributed by atoms with Crippen molar-refractivity contribution in [2.45, 2.75) is 32.1 Å². The van der Waals surface area contributed by atoms with Crippen LogP contribution in [0.3, 0.4) is 0 Å². The first-order valence-corrected chi connectivity index (χ1v) is 6.70. The van der Waals surface area contributed by atoms with Crippen LogP contribution in [-0.2, 0) is 5.75 Å². The van der Waals surface area contributed by atoms with E-state index in [1.165, 1.54) is 6.42 Å². The Bertz CT molecular complexity index is 248. The van der Waals surface area contributed by atoms with Gasteiger partial charge in [0.1, 0.15) is 5.76 Å². The second-order valence-electron chi connectivity index (χ2n) is 3.88. The van der Waals surface area contributed by atoms with Crippen LogP contribution in [0.4, 0.5) is 0 Å². The predicted octanol–water partition coefficient (Wildman–Crippen LogP) is 3.15. The maximum atomic E-state index is 5.29. The first-order chi connectivity index (χ1) is 7.27. The fraction of sp³-hybridized carbons (Fsp3) is 0.667. The maximum absolute atomic E-state index is 5.29. The molecular formula is C12H21NOS. The molecule has 0 amide bonds. The fourth-order valence-corrected chi connectivity index (χ4v) is 2.73. The number of furan rings is 1. The average Bonchev–Trinajstić information content (AvgIpc) is 2.76. The third-order valence-corrected chi connectivity index (χ3v) is 3.91. The molecule has 1 rings (SSSR count). The molecule has 2 unspecified atom stereocenters. The largest absolute Gasteiger partial charge is 0.468 e. The molecule has 0 aliphatic rings. The van der Waals surface area contributed by atoms with Gasteiger partial charge in [-0.05, 0) is 25.1 Å². The molecule has 0 spiro atoms. The highest BCUT2D eigenvalue weighted by molar-refractivity contribution is 7.98. The van der Waals surface area contributed by atoms with Gasteiger partial charge >= 0.3 is 0 Å². The third-order valence-electron chi connectivity index (χ3n) is 2.82. The van der Waals surface area contributed by atoms with E-state index in [2.05, 4.69) is 19.2 Å². The first-order valence-electron chi connectivity index (χ1n) is 5.55. The first kappa shape index (κ1) is 12.7. The number of hydrogen-bond acceptors (Lipinski definition) is 3. The van der Waals surface area contributed by atoms with E-state index in [-0.39, 0.29) is 0 Å². The summed E-state index contributed by atoms with van der Waals surface area (Å²) in [4.78, 5) is 0. The number of thioether (sulfide) groups is 1. The van der Waals surface area contributed by atoms with E-state index in [1.54, 1.807) is 6.26 Å². The summed E-state index contributed by atoms with van der Waals surface area (Å²) in [6.07, 6.45) is 2.97. The average molecular weight is 227 g/mol. The number of rotatable bonds is 7. The van der Waals surface area contributed by atoms with Crippen LogP contribution < -0.4 is 5.32 Å². The molecule has 2 atom stereocenters. The van der Waals surface area contributed by atoms with Gasteiger partial charge < -0.3 is 9.73 Å². The van der Waals surface area contributed by atoms with E-state index in [9.17, 15) is 0 Å². The molecule has 0 aliphatic carbocycles. The van der Waals surface area contributed by atoms with Gasteiger partial charge in [0.2, 0.25) is 0 Å². The molecule has 86 valence electrons. The summed E-state index contributed by atoms with van der Waals surface area (Å²) in [5.74, 6) is 3.92. The topological polar surface area (TPSA) is 25.2 Å². The Hall–Kier alpha value is -0.410. The molecule has 0 aliphatic heterocycles. The molecule has 15 heavy (non-hydrogen) atoms. The lowest BCUT2D eigenvalue weighted by Gasteiger charge is -2.21. The van der Waals surface area contributed by atoms with Crippen molar-refractivity contribution in [1.82, 2.24) is 5.32 Å². The smallest absolute Gasteiger partial charge is 0.113 e. The van der Waals surface area contributed by atoms with E-state index in [0.29, 0.717) is 6.04 Å². The Balaban J connectivity index is 2.23. The van der Waals surface area contributed by atoms with Crippen LogP contribution in [0.15, 0.2) is 22.8 Å². The SMILES string of the molecule is CCC(C)C(CSCc1ccco1)NC. The van der Waals surface area contributed by atoms with Crippen molar-refractivity contribution in [3.05, 3.63) is 24.2 Å². The molecule has 0 fully saturated rings. The lowest BCUT2D eigenvalue weighted by Crippen LogP contribution is -2.34. The molecule has 1 heterocycles. The van der Waals surface area contributed by atoms with Gasteiger partial charge in [-0.2, -0.15) is 11.8 Å². The van der Waals surface area contributed by atoms with Gasteiger partial charge in [0, 0.05) is 11.8 Å². The second-order valence-corrected chi connectivity index (χ2v) is 4.91. The van der Waals surface area contributed by atoms with Crippen molar-refractivity contribution in [1.29, 1.82) is 0 Å². The third kappa shape index (κ3) is 4.31. The Morgan fingerprint density at radius 2 is 2.33 bits per heavy atom. The molecule has 0 aromatic carbocycles. The normalized spacial score (nSPS) is 15.1. The Morgan fingerprint density at radius 3 is 2.87 bits per heavy atom. The van der Waals surface area contributed by atoms with E-state index in [4.69, 9.17) is 4.42 Å². The van der Waals surface area contributed by atoms with Crippen molar-refractivity contribution in [3.63, 3.8) is 0 Å². The Labute approximate surface area is 96.8 Å². The summed E-state index contributed by atoms with van der Waals surface area (Å²) in [5.41, 5.74) is 0. The highest BCUT2D eigenvalue weighted by Crippen LogP contribution is 2.17. The molecule has 3 heteroatoms. The standard InChI is InChI=1S/C12H21NOS/c1-4-10(2)12(13-3)9-15-8-11-6-5-7-14-11/h5-7,10,12-13H,4,8-9H2,1-3H3. The molecule has 1 aromatic heterocycles. The molecule has 0 bridgehead atoms. The van der Waals surface area contributed by atoms with E-state index in [1.807, 2.05) is 30.9 Å². The summed E-state index contributed by atoms with van der Waals surface area (Å²) < 4.78 is 5.29. The molecule has 1 N–H and O–H groups in total. The molecule has 2 nitrogen and oxygen atoms in total. The zero-order valence-electron chi connectivity index (χ0n) is 9.82. The lowest BCUT2D eigenvalue weighted by atomic mass is 10.0. The minimum Gasteiger partial charge on any atom is -0.468 e. The molecule has 0 saturated heterocycles. The van der Waals surface area contributed by atoms with Gasteiger partial charge in [0.15, 0.2) is 0 Å². The zero-order chi connectivity index (χ0) is 11.1. The van der Waals surface area contributed by atoms with Crippen LogP contribution in [0.1, 0.15) is 26.0 Å². The van der Waals surface area contributed by atoms with Gasteiger partial charge in [-0.15, -0.1) is 0 Å². The van der Waals surface area contributed by atoms with Crippen molar-refractivity contribution in [2.75, 3.05) is 12.8 Å². The van der Waals surface area contributed by atoms with E-state index < -0.39 is 0 Å². The van der Waals surface area contributed by atoms with Crippen molar-refractivity contribution >= 4 is 11.8 Å². The van der Waals surface area contributed by atoms with Crippen LogP contribution in [0.5, 0.6) is 0 Å². The summed E-state index contributed by atoms with van der Waals surface area (Å²) in [7, 11) is 2.05.